The van der Waals surface area contributed by atoms with Gasteiger partial charge in [0, 0.05) is 38.2 Å². The summed E-state index contributed by atoms with van der Waals surface area (Å²) in [6.07, 6.45) is 8.05. The number of H-pyrrole nitrogens is 2. The van der Waals surface area contributed by atoms with Gasteiger partial charge in [-0.15, -0.1) is 0 Å². The zero-order valence-corrected chi connectivity index (χ0v) is 21.2. The van der Waals surface area contributed by atoms with E-state index in [1.807, 2.05) is 42.5 Å². The Balaban J connectivity index is 1.38. The molecule has 190 valence electrons. The van der Waals surface area contributed by atoms with Gasteiger partial charge in [0.25, 0.3) is 0 Å². The lowest BCUT2D eigenvalue weighted by Crippen LogP contribution is -2.23. The van der Waals surface area contributed by atoms with Crippen molar-refractivity contribution in [3.63, 3.8) is 0 Å². The fourth-order valence-corrected chi connectivity index (χ4v) is 6.02. The number of amidine groups is 2. The van der Waals surface area contributed by atoms with Crippen LogP contribution in [0.3, 0.4) is 0 Å². The van der Waals surface area contributed by atoms with Crippen molar-refractivity contribution in [1.82, 2.24) is 20.6 Å². The lowest BCUT2D eigenvalue weighted by atomic mass is 9.96. The third kappa shape index (κ3) is 3.07. The minimum atomic E-state index is -0.300. The van der Waals surface area contributed by atoms with E-state index >= 15 is 0 Å². The van der Waals surface area contributed by atoms with E-state index in [0.29, 0.717) is 0 Å². The van der Waals surface area contributed by atoms with Crippen LogP contribution in [0.5, 0.6) is 0 Å². The molecule has 0 radical (unpaired) electrons. The largest absolute Gasteiger partial charge is 0.344 e. The number of aromatic nitrogens is 2. The normalized spacial score (nSPS) is 20.3. The van der Waals surface area contributed by atoms with Crippen molar-refractivity contribution in [3.05, 3.63) is 131 Å². The molecule has 5 heterocycles. The number of aliphatic imine (C=N–C) groups is 2. The second-order valence-corrected chi connectivity index (χ2v) is 10.2. The highest BCUT2D eigenvalue weighted by Gasteiger charge is 2.31. The summed E-state index contributed by atoms with van der Waals surface area (Å²) in [6.45, 7) is 0. The molecule has 9 rings (SSSR count). The molecule has 4 aliphatic rings. The SMILES string of the molecule is C1=CC2=C3N=c4[nH]c(c5ccccc45)=NC4NC(=Nc5[nH]c(c6ccccc56)N=C(N3)C2C=C1)c1ccccc14. The number of aromatic amines is 2. The van der Waals surface area contributed by atoms with Gasteiger partial charge >= 0.3 is 0 Å². The fraction of sp³-hybridized carbons (Fsp3) is 0.0625. The molecule has 0 amide bonds. The van der Waals surface area contributed by atoms with Crippen LogP contribution in [0.1, 0.15) is 17.3 Å². The molecule has 3 aromatic carbocycles. The maximum absolute atomic E-state index is 5.17. The highest BCUT2D eigenvalue weighted by molar-refractivity contribution is 6.08. The van der Waals surface area contributed by atoms with Crippen LogP contribution in [0.15, 0.2) is 128 Å². The Morgan fingerprint density at radius 2 is 1.38 bits per heavy atom. The molecular weight excluding hydrogens is 496 g/mol. The summed E-state index contributed by atoms with van der Waals surface area (Å²) in [4.78, 5) is 27.5. The number of benzene rings is 3. The maximum Gasteiger partial charge on any atom is 0.148 e. The first-order valence-corrected chi connectivity index (χ1v) is 13.3. The molecule has 8 bridgehead atoms. The molecule has 8 nitrogen and oxygen atoms in total. The summed E-state index contributed by atoms with van der Waals surface area (Å²) >= 11 is 0. The van der Waals surface area contributed by atoms with Crippen molar-refractivity contribution in [1.29, 1.82) is 0 Å². The van der Waals surface area contributed by atoms with E-state index in [1.54, 1.807) is 0 Å². The summed E-state index contributed by atoms with van der Waals surface area (Å²) in [7, 11) is 0. The molecule has 0 spiro atoms. The molecule has 0 saturated heterocycles. The van der Waals surface area contributed by atoms with Gasteiger partial charge in [-0.2, -0.15) is 0 Å². The van der Waals surface area contributed by atoms with Crippen LogP contribution in [0, 0.1) is 5.92 Å². The van der Waals surface area contributed by atoms with E-state index in [9.17, 15) is 0 Å². The summed E-state index contributed by atoms with van der Waals surface area (Å²) in [6, 6.07) is 24.7. The molecule has 0 fully saturated rings. The molecule has 5 aromatic rings. The second kappa shape index (κ2) is 8.00. The predicted molar refractivity (Wildman–Crippen MR) is 156 cm³/mol. The van der Waals surface area contributed by atoms with E-state index < -0.39 is 0 Å². The van der Waals surface area contributed by atoms with Crippen molar-refractivity contribution in [3.8, 4) is 0 Å². The zero-order valence-electron chi connectivity index (χ0n) is 21.2. The number of hydrogen-bond donors (Lipinski definition) is 4. The van der Waals surface area contributed by atoms with Gasteiger partial charge in [0.05, 0.1) is 5.92 Å². The minimum Gasteiger partial charge on any atom is -0.344 e. The number of allylic oxidation sites excluding steroid dienone is 3. The number of nitrogens with zero attached hydrogens (tertiary/aromatic N) is 4. The van der Waals surface area contributed by atoms with Gasteiger partial charge < -0.3 is 20.6 Å². The molecule has 2 aromatic heterocycles. The molecular formula is C32H22N8. The lowest BCUT2D eigenvalue weighted by molar-refractivity contribution is 0.685. The van der Waals surface area contributed by atoms with Gasteiger partial charge in [0.1, 0.15) is 46.3 Å². The summed E-state index contributed by atoms with van der Waals surface area (Å²) in [5, 5.41) is 11.1. The third-order valence-electron chi connectivity index (χ3n) is 7.91. The van der Waals surface area contributed by atoms with Gasteiger partial charge in [-0.25, -0.2) is 20.0 Å². The molecule has 2 unspecified atom stereocenters. The Labute approximate surface area is 228 Å². The van der Waals surface area contributed by atoms with Crippen LogP contribution in [0.25, 0.3) is 21.5 Å². The highest BCUT2D eigenvalue weighted by Crippen LogP contribution is 2.37. The van der Waals surface area contributed by atoms with E-state index in [0.717, 1.165) is 78.3 Å². The summed E-state index contributed by atoms with van der Waals surface area (Å²) < 4.78 is 0. The number of rotatable bonds is 0. The van der Waals surface area contributed by atoms with Crippen LogP contribution >= 0.6 is 0 Å². The smallest absolute Gasteiger partial charge is 0.148 e. The number of nitrogens with one attached hydrogen (secondary N) is 4. The Kier molecular flexibility index (Phi) is 4.29. The van der Waals surface area contributed by atoms with Crippen molar-refractivity contribution in [2.45, 2.75) is 6.17 Å². The van der Waals surface area contributed by atoms with Gasteiger partial charge in [0.2, 0.25) is 0 Å². The molecule has 3 aliphatic heterocycles. The lowest BCUT2D eigenvalue weighted by Gasteiger charge is -2.09. The van der Waals surface area contributed by atoms with Crippen molar-refractivity contribution in [2.24, 2.45) is 25.9 Å². The predicted octanol–water partition coefficient (Wildman–Crippen LogP) is 4.87. The average Bonchev–Trinajstić information content (AvgIpc) is 3.73. The molecule has 8 heteroatoms. The van der Waals surface area contributed by atoms with E-state index in [1.165, 1.54) is 0 Å². The maximum atomic E-state index is 5.17. The second-order valence-electron chi connectivity index (χ2n) is 10.2. The Morgan fingerprint density at radius 1 is 0.650 bits per heavy atom. The van der Waals surface area contributed by atoms with Crippen LogP contribution in [-0.2, 0) is 0 Å². The van der Waals surface area contributed by atoms with E-state index in [2.05, 4.69) is 75.2 Å². The Hall–Kier alpha value is -5.50. The summed E-state index contributed by atoms with van der Waals surface area (Å²) in [5.74, 6) is 3.85. The number of hydrogen-bond acceptors (Lipinski definition) is 6. The Bertz CT molecular complexity index is 2190. The first kappa shape index (κ1) is 21.4. The quantitative estimate of drug-likeness (QED) is 0.235. The van der Waals surface area contributed by atoms with E-state index in [-0.39, 0.29) is 12.1 Å². The van der Waals surface area contributed by atoms with Crippen LogP contribution in [-0.4, -0.2) is 21.6 Å². The topological polar surface area (TPSA) is 105 Å². The average molecular weight is 519 g/mol. The molecule has 4 N–H and O–H groups in total. The first-order chi connectivity index (χ1) is 19.8. The third-order valence-corrected chi connectivity index (χ3v) is 7.91. The van der Waals surface area contributed by atoms with Gasteiger partial charge in [-0.05, 0) is 0 Å². The minimum absolute atomic E-state index is 0.0220. The summed E-state index contributed by atoms with van der Waals surface area (Å²) in [5.41, 5.74) is 4.71. The van der Waals surface area contributed by atoms with Crippen LogP contribution in [0.4, 0.5) is 11.6 Å². The van der Waals surface area contributed by atoms with E-state index in [4.69, 9.17) is 20.0 Å². The van der Waals surface area contributed by atoms with Gasteiger partial charge in [-0.3, -0.25) is 0 Å². The highest BCUT2D eigenvalue weighted by atomic mass is 15.2. The number of fused-ring (bicyclic) bond motifs is 19. The molecule has 0 saturated carbocycles. The van der Waals surface area contributed by atoms with Crippen molar-refractivity contribution < 1.29 is 0 Å². The fourth-order valence-electron chi connectivity index (χ4n) is 6.02. The molecule has 40 heavy (non-hydrogen) atoms. The Morgan fingerprint density at radius 3 is 2.23 bits per heavy atom. The van der Waals surface area contributed by atoms with Crippen LogP contribution in [0.2, 0.25) is 0 Å². The van der Waals surface area contributed by atoms with Crippen molar-refractivity contribution in [2.75, 3.05) is 0 Å². The van der Waals surface area contributed by atoms with Crippen molar-refractivity contribution >= 4 is 44.9 Å². The monoisotopic (exact) mass is 518 g/mol. The molecule has 2 atom stereocenters. The first-order valence-electron chi connectivity index (χ1n) is 13.3. The standard InChI is InChI=1S/C32H22N8/c1-2-10-18-17(9-1)25-33-26(18)38-28-21-13-5-6-14-22(21)30(35-28)40-32-24-16-8-7-15-23(24)31(36-32)39-29-20-12-4-3-11-19(20)27(34-29)37-25/h1-17,32,34H,(H,33,37)(H,36,39)(H,35,38,40). The van der Waals surface area contributed by atoms with Crippen LogP contribution < -0.4 is 21.6 Å². The molecule has 1 aliphatic carbocycles. The zero-order chi connectivity index (χ0) is 26.2. The van der Waals surface area contributed by atoms with Gasteiger partial charge in [0.15, 0.2) is 0 Å². The van der Waals surface area contributed by atoms with Gasteiger partial charge in [-0.1, -0.05) is 97.1 Å².